The first-order chi connectivity index (χ1) is 13.9. The van der Waals surface area contributed by atoms with Gasteiger partial charge in [0.05, 0.1) is 12.2 Å². The zero-order valence-electron chi connectivity index (χ0n) is 17.0. The first-order valence-electron chi connectivity index (χ1n) is 10.2. The quantitative estimate of drug-likeness (QED) is 0.733. The fourth-order valence-corrected chi connectivity index (χ4v) is 5.06. The molecule has 2 aromatic carbocycles. The Balaban J connectivity index is 1.77. The van der Waals surface area contributed by atoms with Gasteiger partial charge in [-0.15, -0.1) is 0 Å². The number of H-pyrrole nitrogens is 1. The Morgan fingerprint density at radius 1 is 1.10 bits per heavy atom. The van der Waals surface area contributed by atoms with Crippen molar-refractivity contribution in [2.24, 2.45) is 0 Å². The second-order valence-electron chi connectivity index (χ2n) is 8.34. The van der Waals surface area contributed by atoms with Crippen LogP contribution >= 0.6 is 0 Å². The van der Waals surface area contributed by atoms with Crippen molar-refractivity contribution in [1.82, 2.24) is 14.8 Å². The molecule has 0 saturated carbocycles. The zero-order valence-corrected chi connectivity index (χ0v) is 17.0. The van der Waals surface area contributed by atoms with E-state index in [9.17, 15) is 9.59 Å². The third kappa shape index (κ3) is 2.40. The fourth-order valence-electron chi connectivity index (χ4n) is 5.06. The lowest BCUT2D eigenvalue weighted by atomic mass is 9.76. The first kappa shape index (κ1) is 18.0. The van der Waals surface area contributed by atoms with Gasteiger partial charge in [0.1, 0.15) is 0 Å². The number of hydrogen-bond acceptors (Lipinski definition) is 2. The average Bonchev–Trinajstić information content (AvgIpc) is 3.13. The molecule has 1 saturated heterocycles. The average molecular weight is 387 g/mol. The number of likely N-dealkylation sites (N-methyl/N-ethyl adjacent to an activating group) is 1. The molecule has 0 bridgehead atoms. The van der Waals surface area contributed by atoms with Crippen LogP contribution in [0.25, 0.3) is 10.9 Å². The first-order valence-corrected chi connectivity index (χ1v) is 10.2. The van der Waals surface area contributed by atoms with Gasteiger partial charge < -0.3 is 14.8 Å². The second-order valence-corrected chi connectivity index (χ2v) is 8.34. The number of hydrogen-bond donors (Lipinski definition) is 1. The van der Waals surface area contributed by atoms with E-state index in [-0.39, 0.29) is 24.3 Å². The predicted octanol–water partition coefficient (Wildman–Crippen LogP) is 3.39. The number of nitrogens with one attached hydrogen (secondary N) is 1. The van der Waals surface area contributed by atoms with Crippen LogP contribution in [0.2, 0.25) is 0 Å². The molecule has 2 aliphatic heterocycles. The van der Waals surface area contributed by atoms with Gasteiger partial charge in [0.15, 0.2) is 5.54 Å². The van der Waals surface area contributed by atoms with Crippen LogP contribution in [0.4, 0.5) is 0 Å². The van der Waals surface area contributed by atoms with Gasteiger partial charge in [-0.2, -0.15) is 0 Å². The van der Waals surface area contributed by atoms with Crippen LogP contribution in [0, 0.1) is 0 Å². The molecule has 0 aliphatic carbocycles. The van der Waals surface area contributed by atoms with E-state index >= 15 is 0 Å². The van der Waals surface area contributed by atoms with E-state index in [0.717, 1.165) is 28.6 Å². The Kier molecular flexibility index (Phi) is 3.85. The van der Waals surface area contributed by atoms with E-state index in [1.54, 1.807) is 16.8 Å². The summed E-state index contributed by atoms with van der Waals surface area (Å²) in [6.07, 6.45) is 0.993. The van der Waals surface area contributed by atoms with Crippen LogP contribution in [-0.4, -0.2) is 46.7 Å². The van der Waals surface area contributed by atoms with Gasteiger partial charge in [-0.25, -0.2) is 0 Å². The maximum atomic E-state index is 13.3. The molecule has 0 radical (unpaired) electrons. The number of nitrogens with zero attached hydrogens (tertiary/aromatic N) is 2. The smallest absolute Gasteiger partial charge is 0.254 e. The number of aromatic amines is 1. The van der Waals surface area contributed by atoms with Crippen LogP contribution in [0.1, 0.15) is 42.1 Å². The highest BCUT2D eigenvalue weighted by molar-refractivity contribution is 6.01. The van der Waals surface area contributed by atoms with Gasteiger partial charge in [-0.3, -0.25) is 9.59 Å². The van der Waals surface area contributed by atoms with Gasteiger partial charge in [0.25, 0.3) is 5.91 Å². The SMILES string of the molecule is CCc1ccc(C2CN3C(=O)CN(C)C(=O)C3(C)c3[nH]c4ccccc4c32)cc1. The molecule has 0 spiro atoms. The van der Waals surface area contributed by atoms with Crippen molar-refractivity contribution in [3.8, 4) is 0 Å². The molecular formula is C24H25N3O2. The lowest BCUT2D eigenvalue weighted by Crippen LogP contribution is -2.66. The van der Waals surface area contributed by atoms with E-state index in [2.05, 4.69) is 42.2 Å². The number of benzene rings is 2. The molecule has 2 amide bonds. The van der Waals surface area contributed by atoms with Gasteiger partial charge in [-0.1, -0.05) is 49.4 Å². The molecule has 2 atom stereocenters. The number of piperazine rings is 1. The summed E-state index contributed by atoms with van der Waals surface area (Å²) in [5, 5.41) is 1.13. The number of aromatic nitrogens is 1. The lowest BCUT2D eigenvalue weighted by Gasteiger charge is -2.50. The fraction of sp³-hybridized carbons (Fsp3) is 0.333. The van der Waals surface area contributed by atoms with E-state index in [0.29, 0.717) is 6.54 Å². The molecule has 1 fully saturated rings. The number of carbonyl (C=O) groups excluding carboxylic acids is 2. The summed E-state index contributed by atoms with van der Waals surface area (Å²) in [5.41, 5.74) is 4.45. The molecule has 3 heterocycles. The Bertz CT molecular complexity index is 1130. The van der Waals surface area contributed by atoms with Crippen molar-refractivity contribution in [3.63, 3.8) is 0 Å². The number of fused-ring (bicyclic) bond motifs is 5. The van der Waals surface area contributed by atoms with E-state index < -0.39 is 5.54 Å². The van der Waals surface area contributed by atoms with Crippen molar-refractivity contribution < 1.29 is 9.59 Å². The number of aryl methyl sites for hydroxylation is 1. The summed E-state index contributed by atoms with van der Waals surface area (Å²) in [6.45, 7) is 4.67. The maximum Gasteiger partial charge on any atom is 0.254 e. The highest BCUT2D eigenvalue weighted by Crippen LogP contribution is 2.47. The second kappa shape index (κ2) is 6.21. The number of carbonyl (C=O) groups is 2. The normalized spacial score (nSPS) is 24.0. The third-order valence-electron chi connectivity index (χ3n) is 6.71. The largest absolute Gasteiger partial charge is 0.356 e. The Morgan fingerprint density at radius 2 is 1.83 bits per heavy atom. The van der Waals surface area contributed by atoms with Crippen molar-refractivity contribution >= 4 is 22.7 Å². The molecule has 29 heavy (non-hydrogen) atoms. The minimum Gasteiger partial charge on any atom is -0.356 e. The van der Waals surface area contributed by atoms with Crippen LogP contribution < -0.4 is 0 Å². The highest BCUT2D eigenvalue weighted by atomic mass is 16.2. The Morgan fingerprint density at radius 3 is 2.55 bits per heavy atom. The molecule has 5 heteroatoms. The van der Waals surface area contributed by atoms with Crippen molar-refractivity contribution in [1.29, 1.82) is 0 Å². The van der Waals surface area contributed by atoms with Crippen molar-refractivity contribution in [2.75, 3.05) is 20.1 Å². The molecule has 1 N–H and O–H groups in total. The van der Waals surface area contributed by atoms with Crippen LogP contribution in [-0.2, 0) is 21.5 Å². The van der Waals surface area contributed by atoms with Crippen LogP contribution in [0.15, 0.2) is 48.5 Å². The Labute approximate surface area is 170 Å². The summed E-state index contributed by atoms with van der Waals surface area (Å²) in [4.78, 5) is 33.2. The monoisotopic (exact) mass is 387 g/mol. The predicted molar refractivity (Wildman–Crippen MR) is 113 cm³/mol. The van der Waals surface area contributed by atoms with Crippen LogP contribution in [0.3, 0.4) is 0 Å². The van der Waals surface area contributed by atoms with Gasteiger partial charge in [-0.05, 0) is 36.1 Å². The zero-order chi connectivity index (χ0) is 20.3. The number of amides is 2. The maximum absolute atomic E-state index is 13.3. The van der Waals surface area contributed by atoms with Gasteiger partial charge in [0.2, 0.25) is 5.91 Å². The van der Waals surface area contributed by atoms with E-state index in [1.807, 2.05) is 25.1 Å². The van der Waals surface area contributed by atoms with Crippen molar-refractivity contribution in [2.45, 2.75) is 31.7 Å². The minimum absolute atomic E-state index is 0.00548. The molecule has 3 aromatic rings. The summed E-state index contributed by atoms with van der Waals surface area (Å²) in [5.74, 6) is -0.0148. The summed E-state index contributed by atoms with van der Waals surface area (Å²) < 4.78 is 0. The molecule has 2 unspecified atom stereocenters. The molecule has 5 rings (SSSR count). The van der Waals surface area contributed by atoms with E-state index in [4.69, 9.17) is 0 Å². The molecule has 148 valence electrons. The molecular weight excluding hydrogens is 362 g/mol. The van der Waals surface area contributed by atoms with Crippen molar-refractivity contribution in [3.05, 3.63) is 70.9 Å². The van der Waals surface area contributed by atoms with Gasteiger partial charge >= 0.3 is 0 Å². The summed E-state index contributed by atoms with van der Waals surface area (Å²) in [6, 6.07) is 16.8. The van der Waals surface area contributed by atoms with E-state index in [1.165, 1.54) is 11.1 Å². The molecule has 1 aromatic heterocycles. The highest BCUT2D eigenvalue weighted by Gasteiger charge is 2.55. The lowest BCUT2D eigenvalue weighted by molar-refractivity contribution is -0.164. The summed E-state index contributed by atoms with van der Waals surface area (Å²) >= 11 is 0. The molecule has 5 nitrogen and oxygen atoms in total. The topological polar surface area (TPSA) is 56.4 Å². The third-order valence-corrected chi connectivity index (χ3v) is 6.71. The number of para-hydroxylation sites is 1. The summed E-state index contributed by atoms with van der Waals surface area (Å²) in [7, 11) is 1.71. The Hall–Kier alpha value is -3.08. The number of rotatable bonds is 2. The van der Waals surface area contributed by atoms with Gasteiger partial charge in [0, 0.05) is 30.4 Å². The standard InChI is InChI=1S/C24H25N3O2/c1-4-15-9-11-16(12-10-15)18-13-27-20(28)14-26(3)23(29)24(27,2)22-21(18)17-7-5-6-8-19(17)25-22/h5-12,18,25H,4,13-14H2,1-3H3. The minimum atomic E-state index is -1.00. The molecule has 2 aliphatic rings. The van der Waals surface area contributed by atoms with Crippen LogP contribution in [0.5, 0.6) is 0 Å².